The second-order valence-corrected chi connectivity index (χ2v) is 7.16. The molecule has 0 saturated carbocycles. The Morgan fingerprint density at radius 2 is 1.86 bits per heavy atom. The highest BCUT2D eigenvalue weighted by atomic mass is 35.5. The standard InChI is InChI=1S/C20H22ClN5O2/c1-12(2)14-5-7-15(8-6-14)19-23-25-26(24-19)13(3)20(27)22-17-11-16(21)9-10-18(17)28-4/h5-13H,1-4H3,(H,22,27)/t13-/m0/s1. The topological polar surface area (TPSA) is 81.9 Å². The molecule has 7 nitrogen and oxygen atoms in total. The Balaban J connectivity index is 1.75. The Labute approximate surface area is 168 Å². The maximum Gasteiger partial charge on any atom is 0.250 e. The van der Waals surface area contributed by atoms with E-state index >= 15 is 0 Å². The van der Waals surface area contributed by atoms with Gasteiger partial charge in [-0.25, -0.2) is 0 Å². The Hall–Kier alpha value is -2.93. The zero-order valence-electron chi connectivity index (χ0n) is 16.2. The van der Waals surface area contributed by atoms with Gasteiger partial charge in [-0.05, 0) is 41.8 Å². The van der Waals surface area contributed by atoms with Crippen LogP contribution in [0.2, 0.25) is 5.02 Å². The molecule has 0 aliphatic carbocycles. The van der Waals surface area contributed by atoms with Gasteiger partial charge in [0.1, 0.15) is 11.8 Å². The van der Waals surface area contributed by atoms with Crippen molar-refractivity contribution < 1.29 is 9.53 Å². The monoisotopic (exact) mass is 399 g/mol. The summed E-state index contributed by atoms with van der Waals surface area (Å²) < 4.78 is 5.25. The van der Waals surface area contributed by atoms with E-state index < -0.39 is 6.04 Å². The first kappa shape index (κ1) is 19.8. The van der Waals surface area contributed by atoms with Crippen molar-refractivity contribution in [3.05, 3.63) is 53.1 Å². The average Bonchev–Trinajstić information content (AvgIpc) is 3.17. The van der Waals surface area contributed by atoms with Crippen LogP contribution in [0.1, 0.15) is 38.3 Å². The largest absolute Gasteiger partial charge is 0.495 e. The molecule has 1 amide bonds. The third kappa shape index (κ3) is 4.31. The van der Waals surface area contributed by atoms with E-state index in [0.717, 1.165) is 5.56 Å². The minimum atomic E-state index is -0.667. The summed E-state index contributed by atoms with van der Waals surface area (Å²) >= 11 is 6.01. The summed E-state index contributed by atoms with van der Waals surface area (Å²) in [6, 6.07) is 12.3. The number of hydrogen-bond acceptors (Lipinski definition) is 5. The van der Waals surface area contributed by atoms with Crippen molar-refractivity contribution in [1.29, 1.82) is 0 Å². The number of carbonyl (C=O) groups is 1. The van der Waals surface area contributed by atoms with Crippen LogP contribution in [-0.2, 0) is 4.79 Å². The number of nitrogens with zero attached hydrogens (tertiary/aromatic N) is 4. The third-order valence-electron chi connectivity index (χ3n) is 4.41. The minimum absolute atomic E-state index is 0.306. The predicted octanol–water partition coefficient (Wildman–Crippen LogP) is 4.33. The van der Waals surface area contributed by atoms with Crippen molar-refractivity contribution in [3.8, 4) is 17.1 Å². The van der Waals surface area contributed by atoms with Gasteiger partial charge >= 0.3 is 0 Å². The smallest absolute Gasteiger partial charge is 0.250 e. The number of hydrogen-bond donors (Lipinski definition) is 1. The Kier molecular flexibility index (Phi) is 5.94. The molecule has 8 heteroatoms. The third-order valence-corrected chi connectivity index (χ3v) is 4.64. The molecular formula is C20H22ClN5O2. The number of benzene rings is 2. The van der Waals surface area contributed by atoms with Gasteiger partial charge in [0.05, 0.1) is 12.8 Å². The number of rotatable bonds is 6. The molecule has 0 spiro atoms. The molecule has 2 aromatic carbocycles. The average molecular weight is 400 g/mol. The van der Waals surface area contributed by atoms with E-state index in [1.807, 2.05) is 24.3 Å². The van der Waals surface area contributed by atoms with Crippen molar-refractivity contribution in [2.24, 2.45) is 0 Å². The van der Waals surface area contributed by atoms with Crippen LogP contribution in [0.5, 0.6) is 5.75 Å². The van der Waals surface area contributed by atoms with Crippen molar-refractivity contribution >= 4 is 23.2 Å². The molecule has 1 N–H and O–H groups in total. The van der Waals surface area contributed by atoms with Gasteiger partial charge in [-0.1, -0.05) is 49.7 Å². The number of methoxy groups -OCH3 is 1. The summed E-state index contributed by atoms with van der Waals surface area (Å²) in [7, 11) is 1.53. The lowest BCUT2D eigenvalue weighted by Crippen LogP contribution is -2.25. The van der Waals surface area contributed by atoms with E-state index in [-0.39, 0.29) is 5.91 Å². The molecule has 0 aliphatic rings. The first-order chi connectivity index (χ1) is 13.4. The molecule has 0 aliphatic heterocycles. The number of nitrogens with one attached hydrogen (secondary N) is 1. The fourth-order valence-corrected chi connectivity index (χ4v) is 2.81. The van der Waals surface area contributed by atoms with E-state index in [4.69, 9.17) is 16.3 Å². The second-order valence-electron chi connectivity index (χ2n) is 6.72. The summed E-state index contributed by atoms with van der Waals surface area (Å²) in [4.78, 5) is 13.9. The van der Waals surface area contributed by atoms with E-state index in [1.54, 1.807) is 25.1 Å². The maximum atomic E-state index is 12.6. The van der Waals surface area contributed by atoms with Crippen molar-refractivity contribution in [1.82, 2.24) is 20.2 Å². The molecule has 3 aromatic rings. The summed E-state index contributed by atoms with van der Waals surface area (Å²) in [6.45, 7) is 5.97. The zero-order valence-corrected chi connectivity index (χ0v) is 16.9. The van der Waals surface area contributed by atoms with Gasteiger partial charge in [0, 0.05) is 10.6 Å². The molecular weight excluding hydrogens is 378 g/mol. The summed E-state index contributed by atoms with van der Waals surface area (Å²) in [6.07, 6.45) is 0. The summed E-state index contributed by atoms with van der Waals surface area (Å²) in [5.74, 6) is 1.13. The zero-order chi connectivity index (χ0) is 20.3. The quantitative estimate of drug-likeness (QED) is 0.667. The van der Waals surface area contributed by atoms with E-state index in [0.29, 0.717) is 28.2 Å². The van der Waals surface area contributed by atoms with Gasteiger partial charge in [0.25, 0.3) is 5.91 Å². The highest BCUT2D eigenvalue weighted by Crippen LogP contribution is 2.28. The summed E-state index contributed by atoms with van der Waals surface area (Å²) in [5, 5.41) is 15.7. The number of carbonyl (C=O) groups excluding carboxylic acids is 1. The molecule has 28 heavy (non-hydrogen) atoms. The van der Waals surface area contributed by atoms with Crippen LogP contribution in [0.15, 0.2) is 42.5 Å². The van der Waals surface area contributed by atoms with Gasteiger partial charge in [0.2, 0.25) is 5.82 Å². The first-order valence-electron chi connectivity index (χ1n) is 8.93. The van der Waals surface area contributed by atoms with Crippen molar-refractivity contribution in [2.75, 3.05) is 12.4 Å². The number of amides is 1. The number of anilines is 1. The summed E-state index contributed by atoms with van der Waals surface area (Å²) in [5.41, 5.74) is 2.57. The van der Waals surface area contributed by atoms with Gasteiger partial charge in [-0.15, -0.1) is 10.2 Å². The molecule has 3 rings (SSSR count). The number of aromatic nitrogens is 4. The van der Waals surface area contributed by atoms with Crippen LogP contribution in [0.25, 0.3) is 11.4 Å². The molecule has 1 aromatic heterocycles. The van der Waals surface area contributed by atoms with Crippen molar-refractivity contribution in [3.63, 3.8) is 0 Å². The Bertz CT molecular complexity index is 969. The molecule has 0 bridgehead atoms. The predicted molar refractivity (Wildman–Crippen MR) is 109 cm³/mol. The second kappa shape index (κ2) is 8.39. The Morgan fingerprint density at radius 3 is 2.50 bits per heavy atom. The highest BCUT2D eigenvalue weighted by molar-refractivity contribution is 6.31. The first-order valence-corrected chi connectivity index (χ1v) is 9.31. The molecule has 0 fully saturated rings. The molecule has 0 saturated heterocycles. The lowest BCUT2D eigenvalue weighted by molar-refractivity contribution is -0.119. The van der Waals surface area contributed by atoms with Crippen LogP contribution in [0, 0.1) is 0 Å². The van der Waals surface area contributed by atoms with Gasteiger partial charge in [-0.2, -0.15) is 4.80 Å². The fourth-order valence-electron chi connectivity index (χ4n) is 2.64. The minimum Gasteiger partial charge on any atom is -0.495 e. The highest BCUT2D eigenvalue weighted by Gasteiger charge is 2.20. The van der Waals surface area contributed by atoms with E-state index in [2.05, 4.69) is 34.6 Å². The van der Waals surface area contributed by atoms with Gasteiger partial charge in [0.15, 0.2) is 0 Å². The lowest BCUT2D eigenvalue weighted by Gasteiger charge is -2.13. The normalized spacial score (nSPS) is 12.1. The van der Waals surface area contributed by atoms with Crippen LogP contribution in [0.4, 0.5) is 5.69 Å². The SMILES string of the molecule is COc1ccc(Cl)cc1NC(=O)[C@H](C)n1nnc(-c2ccc(C(C)C)cc2)n1. The number of halogens is 1. The molecule has 1 heterocycles. The van der Waals surface area contributed by atoms with Gasteiger partial charge < -0.3 is 10.1 Å². The van der Waals surface area contributed by atoms with E-state index in [1.165, 1.54) is 17.5 Å². The maximum absolute atomic E-state index is 12.6. The van der Waals surface area contributed by atoms with Crippen LogP contribution >= 0.6 is 11.6 Å². The lowest BCUT2D eigenvalue weighted by atomic mass is 10.0. The van der Waals surface area contributed by atoms with Gasteiger partial charge in [-0.3, -0.25) is 4.79 Å². The van der Waals surface area contributed by atoms with Crippen LogP contribution in [-0.4, -0.2) is 33.2 Å². The Morgan fingerprint density at radius 1 is 1.14 bits per heavy atom. The molecule has 1 atom stereocenters. The molecule has 0 unspecified atom stereocenters. The molecule has 146 valence electrons. The molecule has 0 radical (unpaired) electrons. The van der Waals surface area contributed by atoms with Crippen molar-refractivity contribution in [2.45, 2.75) is 32.7 Å². The van der Waals surface area contributed by atoms with Crippen LogP contribution in [0.3, 0.4) is 0 Å². The van der Waals surface area contributed by atoms with E-state index in [9.17, 15) is 4.79 Å². The van der Waals surface area contributed by atoms with Crippen LogP contribution < -0.4 is 10.1 Å². The number of tetrazole rings is 1. The number of ether oxygens (including phenoxy) is 1. The fraction of sp³-hybridized carbons (Fsp3) is 0.300.